The van der Waals surface area contributed by atoms with E-state index in [2.05, 4.69) is 0 Å². The molecule has 2 aromatic rings. The number of halogens is 3. The highest BCUT2D eigenvalue weighted by molar-refractivity contribution is 7.99. The predicted molar refractivity (Wildman–Crippen MR) is 74.6 cm³/mol. The van der Waals surface area contributed by atoms with E-state index in [-0.39, 0.29) is 12.1 Å². The van der Waals surface area contributed by atoms with Crippen LogP contribution in [0, 0.1) is 6.92 Å². The molecule has 1 nitrogen and oxygen atoms in total. The van der Waals surface area contributed by atoms with E-state index in [1.165, 1.54) is 23.9 Å². The normalized spacial score (nSPS) is 11.7. The first-order chi connectivity index (χ1) is 9.41. The van der Waals surface area contributed by atoms with Crippen LogP contribution in [0.4, 0.5) is 13.2 Å². The molecule has 2 aromatic carbocycles. The van der Waals surface area contributed by atoms with Crippen LogP contribution in [-0.2, 0) is 12.7 Å². The van der Waals surface area contributed by atoms with Crippen molar-refractivity contribution in [1.82, 2.24) is 0 Å². The van der Waals surface area contributed by atoms with Gasteiger partial charge in [0.2, 0.25) is 0 Å². The maximum Gasteiger partial charge on any atom is 0.416 e. The van der Waals surface area contributed by atoms with Crippen molar-refractivity contribution in [3.63, 3.8) is 0 Å². The van der Waals surface area contributed by atoms with Gasteiger partial charge in [0.15, 0.2) is 0 Å². The first-order valence-electron chi connectivity index (χ1n) is 6.05. The van der Waals surface area contributed by atoms with Gasteiger partial charge in [0, 0.05) is 16.3 Å². The van der Waals surface area contributed by atoms with Gasteiger partial charge in [-0.2, -0.15) is 13.2 Å². The number of benzene rings is 2. The first kappa shape index (κ1) is 14.9. The van der Waals surface area contributed by atoms with Gasteiger partial charge in [-0.1, -0.05) is 30.0 Å². The van der Waals surface area contributed by atoms with Gasteiger partial charge in [-0.05, 0) is 42.3 Å². The third kappa shape index (κ3) is 3.35. The molecule has 0 aliphatic rings. The SMILES string of the molecule is Cc1ccccc1Sc1ccc(C(F)(F)F)c(CN)c1. The molecule has 0 unspecified atom stereocenters. The summed E-state index contributed by atoms with van der Waals surface area (Å²) in [6.45, 7) is 1.84. The highest BCUT2D eigenvalue weighted by atomic mass is 32.2. The monoisotopic (exact) mass is 297 g/mol. The molecule has 0 aliphatic carbocycles. The maximum atomic E-state index is 12.8. The van der Waals surface area contributed by atoms with Crippen LogP contribution in [0.5, 0.6) is 0 Å². The van der Waals surface area contributed by atoms with Crippen LogP contribution in [0.2, 0.25) is 0 Å². The van der Waals surface area contributed by atoms with Crippen molar-refractivity contribution in [1.29, 1.82) is 0 Å². The smallest absolute Gasteiger partial charge is 0.326 e. The summed E-state index contributed by atoms with van der Waals surface area (Å²) in [6, 6.07) is 11.8. The Kier molecular flexibility index (Phi) is 4.40. The van der Waals surface area contributed by atoms with Crippen molar-refractivity contribution in [3.8, 4) is 0 Å². The molecule has 2 N–H and O–H groups in total. The lowest BCUT2D eigenvalue weighted by atomic mass is 10.1. The van der Waals surface area contributed by atoms with Gasteiger partial charge in [0.1, 0.15) is 0 Å². The number of alkyl halides is 3. The van der Waals surface area contributed by atoms with Crippen LogP contribution in [0.3, 0.4) is 0 Å². The fourth-order valence-corrected chi connectivity index (χ4v) is 2.84. The average molecular weight is 297 g/mol. The average Bonchev–Trinajstić information content (AvgIpc) is 2.40. The second-order valence-corrected chi connectivity index (χ2v) is 5.50. The summed E-state index contributed by atoms with van der Waals surface area (Å²) in [4.78, 5) is 1.78. The summed E-state index contributed by atoms with van der Waals surface area (Å²) < 4.78 is 38.4. The van der Waals surface area contributed by atoms with E-state index >= 15 is 0 Å². The number of nitrogens with two attached hydrogens (primary N) is 1. The largest absolute Gasteiger partial charge is 0.416 e. The Bertz CT molecular complexity index is 608. The molecule has 0 spiro atoms. The van der Waals surface area contributed by atoms with Gasteiger partial charge in [-0.25, -0.2) is 0 Å². The molecule has 2 rings (SSSR count). The zero-order valence-electron chi connectivity index (χ0n) is 10.9. The van der Waals surface area contributed by atoms with Crippen LogP contribution in [0.15, 0.2) is 52.3 Å². The quantitative estimate of drug-likeness (QED) is 0.894. The summed E-state index contributed by atoms with van der Waals surface area (Å²) in [7, 11) is 0. The Morgan fingerprint density at radius 2 is 1.80 bits per heavy atom. The molecule has 20 heavy (non-hydrogen) atoms. The van der Waals surface area contributed by atoms with Crippen molar-refractivity contribution in [2.24, 2.45) is 5.73 Å². The second-order valence-electron chi connectivity index (χ2n) is 4.39. The topological polar surface area (TPSA) is 26.0 Å². The third-order valence-corrected chi connectivity index (χ3v) is 4.09. The Morgan fingerprint density at radius 3 is 2.40 bits per heavy atom. The molecule has 0 saturated carbocycles. The Hall–Kier alpha value is -1.46. The highest BCUT2D eigenvalue weighted by Crippen LogP contribution is 2.36. The Balaban J connectivity index is 2.33. The minimum absolute atomic E-state index is 0.121. The lowest BCUT2D eigenvalue weighted by Crippen LogP contribution is -2.11. The van der Waals surface area contributed by atoms with E-state index in [0.717, 1.165) is 21.4 Å². The fraction of sp³-hybridized carbons (Fsp3) is 0.200. The first-order valence-corrected chi connectivity index (χ1v) is 6.87. The third-order valence-electron chi connectivity index (χ3n) is 2.92. The van der Waals surface area contributed by atoms with Crippen molar-refractivity contribution in [2.45, 2.75) is 29.4 Å². The number of hydrogen-bond donors (Lipinski definition) is 1. The van der Waals surface area contributed by atoms with Gasteiger partial charge in [-0.15, -0.1) is 0 Å². The molecular weight excluding hydrogens is 283 g/mol. The van der Waals surface area contributed by atoms with E-state index in [9.17, 15) is 13.2 Å². The molecule has 106 valence electrons. The van der Waals surface area contributed by atoms with E-state index in [1.54, 1.807) is 0 Å². The molecule has 0 amide bonds. The van der Waals surface area contributed by atoms with Crippen LogP contribution >= 0.6 is 11.8 Å². The van der Waals surface area contributed by atoms with Gasteiger partial charge < -0.3 is 5.73 Å². The lowest BCUT2D eigenvalue weighted by Gasteiger charge is -2.13. The molecule has 0 heterocycles. The van der Waals surface area contributed by atoms with Crippen LogP contribution in [0.1, 0.15) is 16.7 Å². The summed E-state index contributed by atoms with van der Waals surface area (Å²) in [5, 5.41) is 0. The Labute approximate surface area is 120 Å². The number of aryl methyl sites for hydroxylation is 1. The standard InChI is InChI=1S/C15H14F3NS/c1-10-4-2-3-5-14(10)20-12-6-7-13(15(16,17)18)11(8-12)9-19/h2-8H,9,19H2,1H3. The van der Waals surface area contributed by atoms with Gasteiger partial charge >= 0.3 is 6.18 Å². The maximum absolute atomic E-state index is 12.8. The fourth-order valence-electron chi connectivity index (χ4n) is 1.88. The number of rotatable bonds is 3. The van der Waals surface area contributed by atoms with E-state index in [0.29, 0.717) is 0 Å². The summed E-state index contributed by atoms with van der Waals surface area (Å²) in [5.41, 5.74) is 5.98. The van der Waals surface area contributed by atoms with Crippen molar-refractivity contribution in [3.05, 3.63) is 59.2 Å². The van der Waals surface area contributed by atoms with Crippen molar-refractivity contribution in [2.75, 3.05) is 0 Å². The molecular formula is C15H14F3NS. The Morgan fingerprint density at radius 1 is 1.10 bits per heavy atom. The zero-order valence-corrected chi connectivity index (χ0v) is 11.7. The predicted octanol–water partition coefficient (Wildman–Crippen LogP) is 4.62. The van der Waals surface area contributed by atoms with E-state index in [1.807, 2.05) is 31.2 Å². The zero-order chi connectivity index (χ0) is 14.8. The minimum atomic E-state index is -4.36. The molecule has 0 aliphatic heterocycles. The van der Waals surface area contributed by atoms with Crippen LogP contribution in [-0.4, -0.2) is 0 Å². The lowest BCUT2D eigenvalue weighted by molar-refractivity contribution is -0.138. The van der Waals surface area contributed by atoms with Gasteiger partial charge in [0.25, 0.3) is 0 Å². The van der Waals surface area contributed by atoms with Crippen LogP contribution in [0.25, 0.3) is 0 Å². The van der Waals surface area contributed by atoms with Gasteiger partial charge in [0.05, 0.1) is 5.56 Å². The highest BCUT2D eigenvalue weighted by Gasteiger charge is 2.32. The van der Waals surface area contributed by atoms with Crippen molar-refractivity contribution >= 4 is 11.8 Å². The van der Waals surface area contributed by atoms with E-state index < -0.39 is 11.7 Å². The molecule has 0 fully saturated rings. The second kappa shape index (κ2) is 5.89. The molecule has 0 saturated heterocycles. The minimum Gasteiger partial charge on any atom is -0.326 e. The van der Waals surface area contributed by atoms with Crippen molar-refractivity contribution < 1.29 is 13.2 Å². The summed E-state index contributed by atoms with van der Waals surface area (Å²) in [5.74, 6) is 0. The summed E-state index contributed by atoms with van der Waals surface area (Å²) >= 11 is 1.44. The van der Waals surface area contributed by atoms with E-state index in [4.69, 9.17) is 5.73 Å². The van der Waals surface area contributed by atoms with Gasteiger partial charge in [-0.3, -0.25) is 0 Å². The molecule has 0 aromatic heterocycles. The molecule has 0 atom stereocenters. The molecule has 0 radical (unpaired) electrons. The summed E-state index contributed by atoms with van der Waals surface area (Å²) in [6.07, 6.45) is -4.36. The van der Waals surface area contributed by atoms with Crippen LogP contribution < -0.4 is 5.73 Å². The molecule has 0 bridgehead atoms. The number of hydrogen-bond acceptors (Lipinski definition) is 2. The molecule has 5 heteroatoms.